The van der Waals surface area contributed by atoms with Crippen molar-refractivity contribution >= 4 is 23.3 Å². The number of allylic oxidation sites excluding steroid dienone is 1. The maximum Gasteiger partial charge on any atom is 0.352 e. The van der Waals surface area contributed by atoms with E-state index in [-0.39, 0.29) is 30.2 Å². The van der Waals surface area contributed by atoms with Gasteiger partial charge in [0.05, 0.1) is 40.9 Å². The molecule has 0 aliphatic carbocycles. The molecule has 3 aromatic rings. The van der Waals surface area contributed by atoms with Crippen molar-refractivity contribution in [2.24, 2.45) is 10.8 Å². The highest BCUT2D eigenvalue weighted by Gasteiger charge is 2.41. The molecule has 1 aromatic heterocycles. The Labute approximate surface area is 260 Å². The summed E-state index contributed by atoms with van der Waals surface area (Å²) >= 11 is 0. The number of likely N-dealkylation sites (N-methyl/N-ethyl adjacent to an activating group) is 1. The molecule has 18 nitrogen and oxygen atoms in total. The average molecular weight is 634 g/mol. The molecule has 46 heavy (non-hydrogen) atoms. The Morgan fingerprint density at radius 3 is 2.52 bits per heavy atom. The fraction of sp³-hybridized carbons (Fsp3) is 0.250. The van der Waals surface area contributed by atoms with Crippen molar-refractivity contribution in [2.75, 3.05) is 20.7 Å². The van der Waals surface area contributed by atoms with Gasteiger partial charge in [-0.05, 0) is 36.8 Å². The normalized spacial score (nSPS) is 14.2. The molecule has 1 aliphatic rings. The van der Waals surface area contributed by atoms with Crippen LogP contribution in [0.5, 0.6) is 11.5 Å². The summed E-state index contributed by atoms with van der Waals surface area (Å²) in [5.74, 6) is 4.45. The smallest absolute Gasteiger partial charge is 0.352 e. The number of nitrogens with one attached hydrogen (secondary N) is 1. The molecular weight excluding hydrogens is 606 g/mol. The zero-order valence-corrected chi connectivity index (χ0v) is 24.7. The minimum atomic E-state index is -1.75. The number of ether oxygens (including phenoxy) is 3. The summed E-state index contributed by atoms with van der Waals surface area (Å²) in [7, 11) is 3.17. The summed E-state index contributed by atoms with van der Waals surface area (Å²) in [6, 6.07) is 9.76. The number of rotatable bonds is 12. The zero-order valence-electron chi connectivity index (χ0n) is 24.7. The van der Waals surface area contributed by atoms with E-state index in [4.69, 9.17) is 20.1 Å². The molecule has 0 bridgehead atoms. The fourth-order valence-electron chi connectivity index (χ4n) is 4.22. The van der Waals surface area contributed by atoms with Gasteiger partial charge in [-0.3, -0.25) is 29.8 Å². The second kappa shape index (κ2) is 14.0. The van der Waals surface area contributed by atoms with Gasteiger partial charge in [0, 0.05) is 44.2 Å². The molecule has 1 atom stereocenters. The summed E-state index contributed by atoms with van der Waals surface area (Å²) in [6.45, 7) is 1.51. The lowest BCUT2D eigenvalue weighted by molar-refractivity contribution is -0.420. The number of H-pyrrole nitrogens is 1. The Bertz CT molecular complexity index is 1780. The van der Waals surface area contributed by atoms with Crippen molar-refractivity contribution in [1.82, 2.24) is 19.9 Å². The van der Waals surface area contributed by atoms with E-state index in [1.165, 1.54) is 29.3 Å². The molecular formula is C28H27N9O9. The van der Waals surface area contributed by atoms with Gasteiger partial charge in [-0.1, -0.05) is 0 Å². The van der Waals surface area contributed by atoms with Gasteiger partial charge in [-0.25, -0.2) is 20.8 Å². The third kappa shape index (κ3) is 7.40. The van der Waals surface area contributed by atoms with Gasteiger partial charge in [-0.15, -0.1) is 0 Å². The number of nitrogens with two attached hydrogens (primary N) is 1. The van der Waals surface area contributed by atoms with Crippen molar-refractivity contribution in [2.45, 2.75) is 26.1 Å². The first-order valence-electron chi connectivity index (χ1n) is 13.4. The average Bonchev–Trinajstić information content (AvgIpc) is 3.54. The molecule has 238 valence electrons. The lowest BCUT2D eigenvalue weighted by Gasteiger charge is -2.31. The quantitative estimate of drug-likeness (QED) is 0.126. The number of aliphatic imine (C=N–C) groups is 1. The summed E-state index contributed by atoms with van der Waals surface area (Å²) in [5, 5.41) is 34.0. The van der Waals surface area contributed by atoms with E-state index in [0.717, 1.165) is 12.1 Å². The Kier molecular flexibility index (Phi) is 9.88. The summed E-state index contributed by atoms with van der Waals surface area (Å²) < 4.78 is 16.7. The van der Waals surface area contributed by atoms with Crippen molar-refractivity contribution in [3.05, 3.63) is 91.7 Å². The first-order valence-corrected chi connectivity index (χ1v) is 13.4. The number of hydrogen-bond acceptors (Lipinski definition) is 14. The molecule has 0 radical (unpaired) electrons. The van der Waals surface area contributed by atoms with Gasteiger partial charge in [-0.2, -0.15) is 5.26 Å². The molecule has 0 spiro atoms. The van der Waals surface area contributed by atoms with Crippen LogP contribution >= 0.6 is 0 Å². The molecule has 18 heteroatoms. The second-order valence-corrected chi connectivity index (χ2v) is 9.74. The lowest BCUT2D eigenvalue weighted by Crippen LogP contribution is -2.49. The zero-order chi connectivity index (χ0) is 33.5. The first-order chi connectivity index (χ1) is 21.9. The number of hydrazine groups is 1. The van der Waals surface area contributed by atoms with Gasteiger partial charge < -0.3 is 24.1 Å². The fourth-order valence-corrected chi connectivity index (χ4v) is 4.22. The predicted octanol–water partition coefficient (Wildman–Crippen LogP) is 2.26. The van der Waals surface area contributed by atoms with Crippen LogP contribution in [0.25, 0.3) is 11.4 Å². The van der Waals surface area contributed by atoms with E-state index in [0.29, 0.717) is 22.0 Å². The van der Waals surface area contributed by atoms with E-state index < -0.39 is 57.3 Å². The number of aromatic amines is 1. The van der Waals surface area contributed by atoms with Gasteiger partial charge in [0.25, 0.3) is 12.2 Å². The molecule has 2 aromatic carbocycles. The standard InChI is InChI=1S/C28H27N9O9/c1-4-44-24(39)14-20-25(37(42)43)27(35(30)28(33-20)46-22-11-16(15-29)5-6-21(22)36(40)41)45-19-10-17(12-23(38)34(2)3)9-18(13-19)26-31-7-8-32-26/h5-11,13,28H,4,12,14,30H2,1-3H3,(H,31,32). The number of amides is 1. The van der Waals surface area contributed by atoms with Gasteiger partial charge in [0.1, 0.15) is 17.3 Å². The van der Waals surface area contributed by atoms with Crippen LogP contribution in [0.3, 0.4) is 0 Å². The third-order valence-electron chi connectivity index (χ3n) is 6.34. The molecule has 1 amide bonds. The van der Waals surface area contributed by atoms with Crippen LogP contribution in [0.1, 0.15) is 24.5 Å². The van der Waals surface area contributed by atoms with Crippen molar-refractivity contribution in [3.8, 4) is 29.0 Å². The Morgan fingerprint density at radius 1 is 1.15 bits per heavy atom. The number of imidazole rings is 1. The highest BCUT2D eigenvalue weighted by molar-refractivity contribution is 6.08. The van der Waals surface area contributed by atoms with E-state index >= 15 is 0 Å². The van der Waals surface area contributed by atoms with E-state index in [9.17, 15) is 35.1 Å². The minimum Gasteiger partial charge on any atom is -0.466 e. The van der Waals surface area contributed by atoms with Crippen LogP contribution in [-0.4, -0.2) is 74.4 Å². The largest absolute Gasteiger partial charge is 0.466 e. The summed E-state index contributed by atoms with van der Waals surface area (Å²) in [4.78, 5) is 60.1. The van der Waals surface area contributed by atoms with E-state index in [1.807, 2.05) is 6.07 Å². The molecule has 3 N–H and O–H groups in total. The van der Waals surface area contributed by atoms with E-state index in [2.05, 4.69) is 15.0 Å². The Morgan fingerprint density at radius 2 is 1.91 bits per heavy atom. The number of esters is 1. The van der Waals surface area contributed by atoms with Crippen LogP contribution < -0.4 is 15.3 Å². The number of carbonyl (C=O) groups excluding carboxylic acids is 2. The van der Waals surface area contributed by atoms with Crippen molar-refractivity contribution in [3.63, 3.8) is 0 Å². The number of benzene rings is 2. The van der Waals surface area contributed by atoms with Crippen molar-refractivity contribution < 1.29 is 33.6 Å². The molecule has 0 fully saturated rings. The number of nitrogens with zero attached hydrogens (tertiary/aromatic N) is 7. The Balaban J connectivity index is 1.84. The number of aromatic nitrogens is 2. The number of hydrogen-bond donors (Lipinski definition) is 2. The molecule has 0 saturated heterocycles. The number of nitriles is 1. The highest BCUT2D eigenvalue weighted by Crippen LogP contribution is 2.33. The summed E-state index contributed by atoms with van der Waals surface area (Å²) in [5.41, 5.74) is -0.906. The highest BCUT2D eigenvalue weighted by atomic mass is 16.6. The molecule has 1 unspecified atom stereocenters. The molecule has 4 rings (SSSR count). The third-order valence-corrected chi connectivity index (χ3v) is 6.34. The monoisotopic (exact) mass is 633 g/mol. The number of nitro benzene ring substituents is 1. The minimum absolute atomic E-state index is 0.00301. The van der Waals surface area contributed by atoms with Gasteiger partial charge in [0.15, 0.2) is 0 Å². The predicted molar refractivity (Wildman–Crippen MR) is 158 cm³/mol. The van der Waals surface area contributed by atoms with Crippen LogP contribution in [-0.2, 0) is 20.7 Å². The molecule has 2 heterocycles. The topological polar surface area (TPSA) is 245 Å². The SMILES string of the molecule is CCOC(=O)CC1=NC(Oc2cc(C#N)ccc2[N+](=O)[O-])N(N)C(Oc2cc(CC(=O)N(C)C)cc(-c3ncc[nH]3)c2)=C1[N+](=O)[O-]. The number of carbonyl (C=O) groups is 2. The molecule has 0 saturated carbocycles. The lowest BCUT2D eigenvalue weighted by atomic mass is 10.1. The van der Waals surface area contributed by atoms with Crippen molar-refractivity contribution in [1.29, 1.82) is 5.26 Å². The summed E-state index contributed by atoms with van der Waals surface area (Å²) in [6.07, 6.45) is 0.554. The van der Waals surface area contributed by atoms with Gasteiger partial charge in [0.2, 0.25) is 11.7 Å². The first kappa shape index (κ1) is 32.6. The van der Waals surface area contributed by atoms with Crippen LogP contribution in [0.4, 0.5) is 5.69 Å². The maximum atomic E-state index is 12.5. The Hall–Kier alpha value is -6.35. The van der Waals surface area contributed by atoms with Crippen LogP contribution in [0.2, 0.25) is 0 Å². The van der Waals surface area contributed by atoms with E-state index in [1.54, 1.807) is 33.3 Å². The van der Waals surface area contributed by atoms with Crippen LogP contribution in [0.15, 0.2) is 65.4 Å². The number of nitro groups is 2. The second-order valence-electron chi connectivity index (χ2n) is 9.74. The molecule has 1 aliphatic heterocycles. The maximum absolute atomic E-state index is 12.5. The van der Waals surface area contributed by atoms with Crippen LogP contribution in [0, 0.1) is 31.6 Å². The van der Waals surface area contributed by atoms with Gasteiger partial charge >= 0.3 is 17.4 Å².